The molecule has 0 aliphatic heterocycles. The summed E-state index contributed by atoms with van der Waals surface area (Å²) in [7, 11) is 1.93. The second-order valence-electron chi connectivity index (χ2n) is 5.68. The van der Waals surface area contributed by atoms with Crippen molar-refractivity contribution in [1.29, 1.82) is 0 Å². The molecular weight excluding hydrogens is 298 g/mol. The molecule has 0 aliphatic carbocycles. The summed E-state index contributed by atoms with van der Waals surface area (Å²) in [5.41, 5.74) is 2.19. The average molecular weight is 324 g/mol. The summed E-state index contributed by atoms with van der Waals surface area (Å²) in [5.74, 6) is 1.51. The maximum atomic E-state index is 5.96. The van der Waals surface area contributed by atoms with Crippen molar-refractivity contribution < 1.29 is 4.74 Å². The summed E-state index contributed by atoms with van der Waals surface area (Å²) in [6, 6.07) is 12.2. The Balaban J connectivity index is 0.00000242. The van der Waals surface area contributed by atoms with E-state index < -0.39 is 0 Å². The van der Waals surface area contributed by atoms with Crippen molar-refractivity contribution in [3.05, 3.63) is 47.7 Å². The lowest BCUT2D eigenvalue weighted by Crippen LogP contribution is -2.09. The van der Waals surface area contributed by atoms with Crippen molar-refractivity contribution in [3.8, 4) is 5.88 Å². The molecule has 0 saturated heterocycles. The third-order valence-corrected chi connectivity index (χ3v) is 3.30. The lowest BCUT2D eigenvalue weighted by atomic mass is 10.1. The minimum absolute atomic E-state index is 0. The third kappa shape index (κ3) is 5.70. The SMILES string of the molecule is CNCc1cc(OCc2ccccc2)n(CCC(C)C)n1.Cl. The van der Waals surface area contributed by atoms with Gasteiger partial charge >= 0.3 is 0 Å². The molecule has 22 heavy (non-hydrogen) atoms. The van der Waals surface area contributed by atoms with Crippen molar-refractivity contribution in [3.63, 3.8) is 0 Å². The van der Waals surface area contributed by atoms with Crippen molar-refractivity contribution in [2.45, 2.75) is 40.0 Å². The van der Waals surface area contributed by atoms with Crippen LogP contribution in [0.15, 0.2) is 36.4 Å². The van der Waals surface area contributed by atoms with Crippen LogP contribution < -0.4 is 10.1 Å². The molecule has 0 bridgehead atoms. The molecule has 0 radical (unpaired) electrons. The maximum Gasteiger partial charge on any atom is 0.212 e. The van der Waals surface area contributed by atoms with Crippen LogP contribution >= 0.6 is 12.4 Å². The van der Waals surface area contributed by atoms with E-state index in [1.807, 2.05) is 36.0 Å². The largest absolute Gasteiger partial charge is 0.473 e. The summed E-state index contributed by atoms with van der Waals surface area (Å²) < 4.78 is 7.94. The highest BCUT2D eigenvalue weighted by Gasteiger charge is 2.09. The molecule has 1 heterocycles. The monoisotopic (exact) mass is 323 g/mol. The van der Waals surface area contributed by atoms with Gasteiger partial charge in [0, 0.05) is 19.2 Å². The highest BCUT2D eigenvalue weighted by atomic mass is 35.5. The first-order chi connectivity index (χ1) is 10.2. The van der Waals surface area contributed by atoms with E-state index in [1.54, 1.807) is 0 Å². The number of nitrogens with one attached hydrogen (secondary N) is 1. The van der Waals surface area contributed by atoms with Crippen LogP contribution in [0, 0.1) is 5.92 Å². The summed E-state index contributed by atoms with van der Waals surface area (Å²) in [6.07, 6.45) is 1.10. The molecule has 4 nitrogen and oxygen atoms in total. The molecule has 5 heteroatoms. The van der Waals surface area contributed by atoms with Crippen LogP contribution in [0.5, 0.6) is 5.88 Å². The molecule has 0 unspecified atom stereocenters. The number of halogens is 1. The molecule has 0 saturated carbocycles. The number of hydrogen-bond donors (Lipinski definition) is 1. The number of hydrogen-bond acceptors (Lipinski definition) is 3. The number of benzene rings is 1. The third-order valence-electron chi connectivity index (χ3n) is 3.30. The summed E-state index contributed by atoms with van der Waals surface area (Å²) >= 11 is 0. The minimum Gasteiger partial charge on any atom is -0.473 e. The molecule has 2 aromatic rings. The first-order valence-corrected chi connectivity index (χ1v) is 7.57. The fourth-order valence-corrected chi connectivity index (χ4v) is 2.11. The van der Waals surface area contributed by atoms with Crippen LogP contribution in [-0.2, 0) is 19.7 Å². The van der Waals surface area contributed by atoms with Crippen LogP contribution in [0.4, 0.5) is 0 Å². The van der Waals surface area contributed by atoms with Gasteiger partial charge in [0.15, 0.2) is 0 Å². The zero-order valence-electron chi connectivity index (χ0n) is 13.6. The Labute approximate surface area is 139 Å². The summed E-state index contributed by atoms with van der Waals surface area (Å²) in [4.78, 5) is 0. The molecule has 0 fully saturated rings. The molecule has 0 amide bonds. The number of nitrogens with zero attached hydrogens (tertiary/aromatic N) is 2. The number of aromatic nitrogens is 2. The van der Waals surface area contributed by atoms with Crippen molar-refractivity contribution in [2.75, 3.05) is 7.05 Å². The Morgan fingerprint density at radius 2 is 1.95 bits per heavy atom. The first-order valence-electron chi connectivity index (χ1n) is 7.57. The quantitative estimate of drug-likeness (QED) is 0.806. The first kappa shape index (κ1) is 18.5. The zero-order valence-corrected chi connectivity index (χ0v) is 14.4. The van der Waals surface area contributed by atoms with Gasteiger partial charge < -0.3 is 10.1 Å². The highest BCUT2D eigenvalue weighted by molar-refractivity contribution is 5.85. The van der Waals surface area contributed by atoms with Crippen LogP contribution in [0.3, 0.4) is 0 Å². The molecular formula is C17H26ClN3O. The van der Waals surface area contributed by atoms with Gasteiger partial charge in [-0.25, -0.2) is 4.68 Å². The van der Waals surface area contributed by atoms with Crippen LogP contribution in [-0.4, -0.2) is 16.8 Å². The van der Waals surface area contributed by atoms with E-state index in [-0.39, 0.29) is 12.4 Å². The van der Waals surface area contributed by atoms with Gasteiger partial charge in [-0.1, -0.05) is 44.2 Å². The summed E-state index contributed by atoms with van der Waals surface area (Å²) in [6.45, 7) is 6.68. The van der Waals surface area contributed by atoms with E-state index in [0.717, 1.165) is 31.1 Å². The van der Waals surface area contributed by atoms with Crippen molar-refractivity contribution in [2.24, 2.45) is 5.92 Å². The van der Waals surface area contributed by atoms with E-state index in [9.17, 15) is 0 Å². The molecule has 2 rings (SSSR count). The normalized spacial score (nSPS) is 10.5. The minimum atomic E-state index is 0. The number of rotatable bonds is 8. The van der Waals surface area contributed by atoms with Crippen LogP contribution in [0.25, 0.3) is 0 Å². The van der Waals surface area contributed by atoms with Gasteiger partial charge in [0.1, 0.15) is 6.61 Å². The maximum absolute atomic E-state index is 5.96. The van der Waals surface area contributed by atoms with E-state index in [1.165, 1.54) is 5.56 Å². The highest BCUT2D eigenvalue weighted by Crippen LogP contribution is 2.17. The van der Waals surface area contributed by atoms with Crippen molar-refractivity contribution in [1.82, 2.24) is 15.1 Å². The average Bonchev–Trinajstić information content (AvgIpc) is 2.86. The predicted molar refractivity (Wildman–Crippen MR) is 92.5 cm³/mol. The molecule has 0 atom stereocenters. The predicted octanol–water partition coefficient (Wildman–Crippen LogP) is 3.65. The van der Waals surface area contributed by atoms with E-state index >= 15 is 0 Å². The van der Waals surface area contributed by atoms with Gasteiger partial charge in [-0.3, -0.25) is 0 Å². The number of aryl methyl sites for hydroxylation is 1. The Morgan fingerprint density at radius 3 is 2.59 bits per heavy atom. The van der Waals surface area contributed by atoms with E-state index in [4.69, 9.17) is 4.74 Å². The van der Waals surface area contributed by atoms with Gasteiger partial charge in [-0.2, -0.15) is 5.10 Å². The van der Waals surface area contributed by atoms with Crippen molar-refractivity contribution >= 4 is 12.4 Å². The Bertz CT molecular complexity index is 540. The molecule has 0 spiro atoms. The molecule has 1 aromatic heterocycles. The van der Waals surface area contributed by atoms with Crippen LogP contribution in [0.1, 0.15) is 31.5 Å². The van der Waals surface area contributed by atoms with Gasteiger partial charge in [-0.15, -0.1) is 12.4 Å². The molecule has 1 aromatic carbocycles. The van der Waals surface area contributed by atoms with Gasteiger partial charge in [0.25, 0.3) is 0 Å². The molecule has 0 aliphatic rings. The lowest BCUT2D eigenvalue weighted by Gasteiger charge is -2.10. The Hall–Kier alpha value is -1.52. The van der Waals surface area contributed by atoms with E-state index in [2.05, 4.69) is 36.4 Å². The Morgan fingerprint density at radius 1 is 1.23 bits per heavy atom. The summed E-state index contributed by atoms with van der Waals surface area (Å²) in [5, 5.41) is 7.75. The fourth-order valence-electron chi connectivity index (χ4n) is 2.11. The topological polar surface area (TPSA) is 39.1 Å². The second-order valence-corrected chi connectivity index (χ2v) is 5.68. The zero-order chi connectivity index (χ0) is 15.1. The smallest absolute Gasteiger partial charge is 0.212 e. The number of ether oxygens (including phenoxy) is 1. The lowest BCUT2D eigenvalue weighted by molar-refractivity contribution is 0.268. The molecule has 122 valence electrons. The second kappa shape index (κ2) is 9.49. The van der Waals surface area contributed by atoms with Gasteiger partial charge in [0.2, 0.25) is 5.88 Å². The molecule has 1 N–H and O–H groups in total. The van der Waals surface area contributed by atoms with Gasteiger partial charge in [0.05, 0.1) is 5.69 Å². The van der Waals surface area contributed by atoms with Gasteiger partial charge in [-0.05, 0) is 24.9 Å². The standard InChI is InChI=1S/C17H25N3O.ClH/c1-14(2)9-10-20-17(11-16(19-20)12-18-3)21-13-15-7-5-4-6-8-15;/h4-8,11,14,18H,9-10,12-13H2,1-3H3;1H. The Kier molecular flexibility index (Phi) is 7.99. The van der Waals surface area contributed by atoms with Crippen LogP contribution in [0.2, 0.25) is 0 Å². The van der Waals surface area contributed by atoms with E-state index in [0.29, 0.717) is 12.5 Å². The fraction of sp³-hybridized carbons (Fsp3) is 0.471.